The molecule has 51 heavy (non-hydrogen) atoms. The SMILES string of the molecule is O=C(NCCO)C1=CC(O)(C=CC=CC=C2C(=O)N(Cc3ccccc3S(=O)(=O)O)N=C2C(=O)NCCO)N(Cc2ccccc2S(=O)(=O)O)N1. The van der Waals surface area contributed by atoms with Crippen molar-refractivity contribution in [1.29, 1.82) is 0 Å². The van der Waals surface area contributed by atoms with Crippen molar-refractivity contribution in [3.05, 3.63) is 107 Å². The average molecular weight is 747 g/mol. The Morgan fingerprint density at radius 1 is 0.824 bits per heavy atom. The summed E-state index contributed by atoms with van der Waals surface area (Å²) in [5.41, 5.74) is -0.0127. The Bertz CT molecular complexity index is 2060. The lowest BCUT2D eigenvalue weighted by atomic mass is 10.1. The maximum Gasteiger partial charge on any atom is 0.294 e. The lowest BCUT2D eigenvalue weighted by Crippen LogP contribution is -2.48. The van der Waals surface area contributed by atoms with E-state index in [0.717, 1.165) is 28.2 Å². The normalized spacial score (nSPS) is 19.1. The van der Waals surface area contributed by atoms with Crippen molar-refractivity contribution < 1.29 is 55.6 Å². The Morgan fingerprint density at radius 2 is 1.37 bits per heavy atom. The second kappa shape index (κ2) is 16.3. The van der Waals surface area contributed by atoms with E-state index in [-0.39, 0.29) is 54.3 Å². The highest BCUT2D eigenvalue weighted by atomic mass is 32.2. The predicted octanol–water partition coefficient (Wildman–Crippen LogP) is -1.27. The summed E-state index contributed by atoms with van der Waals surface area (Å²) in [6, 6.07) is 10.8. The Kier molecular flexibility index (Phi) is 12.4. The number of nitrogens with one attached hydrogen (secondary N) is 3. The molecule has 0 bridgehead atoms. The second-order valence-corrected chi connectivity index (χ2v) is 13.6. The van der Waals surface area contributed by atoms with Crippen molar-refractivity contribution in [3.8, 4) is 0 Å². The zero-order valence-electron chi connectivity index (χ0n) is 26.6. The molecule has 272 valence electrons. The first kappa shape index (κ1) is 38.7. The van der Waals surface area contributed by atoms with Crippen LogP contribution in [0.3, 0.4) is 0 Å². The number of rotatable bonds is 15. The number of carbonyl (C=O) groups is 3. The Labute approximate surface area is 292 Å². The maximum atomic E-state index is 13.3. The number of nitrogens with zero attached hydrogens (tertiary/aromatic N) is 3. The molecule has 0 radical (unpaired) electrons. The van der Waals surface area contributed by atoms with Crippen LogP contribution in [-0.4, -0.2) is 107 Å². The van der Waals surface area contributed by atoms with E-state index in [1.165, 1.54) is 66.8 Å². The Balaban J connectivity index is 1.62. The fraction of sp³-hybridized carbons (Fsp3) is 0.226. The molecule has 0 saturated heterocycles. The minimum absolute atomic E-state index is 0.0200. The molecular weight excluding hydrogens is 713 g/mol. The van der Waals surface area contributed by atoms with Gasteiger partial charge in [0.15, 0.2) is 11.4 Å². The Morgan fingerprint density at radius 3 is 1.94 bits per heavy atom. The van der Waals surface area contributed by atoms with E-state index in [4.69, 9.17) is 10.2 Å². The van der Waals surface area contributed by atoms with E-state index in [2.05, 4.69) is 21.2 Å². The molecule has 0 aliphatic carbocycles. The van der Waals surface area contributed by atoms with Crippen molar-refractivity contribution in [1.82, 2.24) is 26.1 Å². The van der Waals surface area contributed by atoms with Gasteiger partial charge in [0, 0.05) is 19.6 Å². The van der Waals surface area contributed by atoms with Crippen LogP contribution < -0.4 is 16.1 Å². The summed E-state index contributed by atoms with van der Waals surface area (Å²) in [7, 11) is -9.31. The molecule has 1 atom stereocenters. The first-order valence-corrected chi connectivity index (χ1v) is 17.8. The van der Waals surface area contributed by atoms with E-state index >= 15 is 0 Å². The molecule has 4 rings (SSSR count). The summed E-state index contributed by atoms with van der Waals surface area (Å²) in [4.78, 5) is 37.9. The standard InChI is InChI=1S/C31H34N6O12S2/c38-16-14-32-28(40)24-18-31(43,37(34-24)20-22-9-4-6-12-26(22)51(47,48)49)13-7-1-2-10-23-27(29(41)33-15-17-39)35-36(30(23)42)19-21-8-3-5-11-25(21)50(44,45)46/h1-13,18,34,38-39,43H,14-17,19-20H2,(H,32,40)(H,33,41)(H,44,45,46)(H,47,48,49). The van der Waals surface area contributed by atoms with E-state index in [0.29, 0.717) is 0 Å². The van der Waals surface area contributed by atoms with Gasteiger partial charge in [-0.15, -0.1) is 0 Å². The number of aliphatic hydroxyl groups is 3. The number of hydrogen-bond donors (Lipinski definition) is 8. The quantitative estimate of drug-likeness (QED) is 0.0600. The number of carbonyl (C=O) groups excluding carboxylic acids is 3. The third kappa shape index (κ3) is 9.59. The van der Waals surface area contributed by atoms with Gasteiger partial charge < -0.3 is 31.4 Å². The first-order chi connectivity index (χ1) is 24.1. The van der Waals surface area contributed by atoms with Crippen molar-refractivity contribution >= 4 is 43.7 Å². The van der Waals surface area contributed by atoms with Crippen LogP contribution >= 0.6 is 0 Å². The third-order valence-corrected chi connectivity index (χ3v) is 9.12. The average Bonchev–Trinajstić information content (AvgIpc) is 3.57. The molecular formula is C31H34N6O12S2. The zero-order valence-corrected chi connectivity index (χ0v) is 28.2. The van der Waals surface area contributed by atoms with Gasteiger partial charge in [0.2, 0.25) is 0 Å². The molecule has 18 nitrogen and oxygen atoms in total. The van der Waals surface area contributed by atoms with Gasteiger partial charge in [-0.05, 0) is 41.5 Å². The molecule has 2 aromatic carbocycles. The minimum Gasteiger partial charge on any atom is -0.395 e. The summed E-state index contributed by atoms with van der Waals surface area (Å²) in [6.07, 6.45) is 7.52. The molecule has 2 heterocycles. The van der Waals surface area contributed by atoms with Gasteiger partial charge in [-0.3, -0.25) is 23.5 Å². The molecule has 2 aliphatic rings. The van der Waals surface area contributed by atoms with Gasteiger partial charge in [-0.1, -0.05) is 54.6 Å². The predicted molar refractivity (Wildman–Crippen MR) is 179 cm³/mol. The highest BCUT2D eigenvalue weighted by Gasteiger charge is 2.39. The highest BCUT2D eigenvalue weighted by molar-refractivity contribution is 7.86. The smallest absolute Gasteiger partial charge is 0.294 e. The van der Waals surface area contributed by atoms with Crippen LogP contribution in [0.4, 0.5) is 0 Å². The monoisotopic (exact) mass is 746 g/mol. The molecule has 0 spiro atoms. The lowest BCUT2D eigenvalue weighted by Gasteiger charge is -2.30. The van der Waals surface area contributed by atoms with E-state index in [1.54, 1.807) is 0 Å². The number of hydrazone groups is 1. The number of hydrazine groups is 1. The lowest BCUT2D eigenvalue weighted by molar-refractivity contribution is -0.126. The number of allylic oxidation sites excluding steroid dienone is 4. The molecule has 20 heteroatoms. The van der Waals surface area contributed by atoms with Crippen molar-refractivity contribution in [2.45, 2.75) is 28.6 Å². The fourth-order valence-electron chi connectivity index (χ4n) is 4.90. The maximum absolute atomic E-state index is 13.3. The summed E-state index contributed by atoms with van der Waals surface area (Å²) < 4.78 is 66.9. The zero-order chi connectivity index (χ0) is 37.4. The molecule has 0 saturated carbocycles. The highest BCUT2D eigenvalue weighted by Crippen LogP contribution is 2.28. The van der Waals surface area contributed by atoms with Gasteiger partial charge in [0.05, 0.1) is 35.1 Å². The number of hydrogen-bond acceptors (Lipinski definition) is 13. The van der Waals surface area contributed by atoms with Gasteiger partial charge in [0.1, 0.15) is 5.70 Å². The minimum atomic E-state index is -4.65. The first-order valence-electron chi connectivity index (χ1n) is 14.9. The summed E-state index contributed by atoms with van der Waals surface area (Å²) in [5, 5.41) is 40.5. The van der Waals surface area contributed by atoms with E-state index in [9.17, 15) is 45.4 Å². The molecule has 8 N–H and O–H groups in total. The largest absolute Gasteiger partial charge is 0.395 e. The topological polar surface area (TPSA) is 276 Å². The van der Waals surface area contributed by atoms with Gasteiger partial charge >= 0.3 is 0 Å². The molecule has 0 fully saturated rings. The van der Waals surface area contributed by atoms with Crippen LogP contribution in [0.2, 0.25) is 0 Å². The summed E-state index contributed by atoms with van der Waals surface area (Å²) in [5.74, 6) is -2.31. The number of amides is 3. The molecule has 2 aromatic rings. The summed E-state index contributed by atoms with van der Waals surface area (Å²) in [6.45, 7) is -1.79. The van der Waals surface area contributed by atoms with E-state index < -0.39 is 66.6 Å². The van der Waals surface area contributed by atoms with Crippen LogP contribution in [0, 0.1) is 0 Å². The van der Waals surface area contributed by atoms with Crippen LogP contribution in [-0.2, 0) is 47.7 Å². The summed E-state index contributed by atoms with van der Waals surface area (Å²) >= 11 is 0. The third-order valence-electron chi connectivity index (χ3n) is 7.22. The number of benzene rings is 2. The van der Waals surface area contributed by atoms with Gasteiger partial charge in [0.25, 0.3) is 38.0 Å². The van der Waals surface area contributed by atoms with Crippen molar-refractivity contribution in [2.75, 3.05) is 26.3 Å². The van der Waals surface area contributed by atoms with Gasteiger partial charge in [-0.2, -0.15) is 26.9 Å². The molecule has 2 aliphatic heterocycles. The van der Waals surface area contributed by atoms with Crippen LogP contribution in [0.15, 0.2) is 111 Å². The fourth-order valence-corrected chi connectivity index (χ4v) is 6.33. The number of aliphatic hydroxyl groups excluding tert-OH is 2. The molecule has 1 unspecified atom stereocenters. The van der Waals surface area contributed by atoms with Crippen LogP contribution in [0.25, 0.3) is 0 Å². The van der Waals surface area contributed by atoms with Gasteiger partial charge in [-0.25, -0.2) is 5.01 Å². The second-order valence-electron chi connectivity index (χ2n) is 10.8. The van der Waals surface area contributed by atoms with E-state index in [1.807, 2.05) is 0 Å². The van der Waals surface area contributed by atoms with Crippen LogP contribution in [0.1, 0.15) is 11.1 Å². The van der Waals surface area contributed by atoms with Crippen molar-refractivity contribution in [2.24, 2.45) is 5.10 Å². The molecule has 3 amide bonds. The Hall–Kier alpha value is -5.06. The van der Waals surface area contributed by atoms with Crippen molar-refractivity contribution in [3.63, 3.8) is 0 Å². The molecule has 0 aromatic heterocycles. The van der Waals surface area contributed by atoms with Crippen LogP contribution in [0.5, 0.6) is 0 Å².